The van der Waals surface area contributed by atoms with Crippen molar-refractivity contribution in [1.82, 2.24) is 9.80 Å². The number of amides is 1. The minimum atomic E-state index is -0.885. The lowest BCUT2D eigenvalue weighted by molar-refractivity contribution is -0.131. The lowest BCUT2D eigenvalue weighted by Crippen LogP contribution is -2.40. The smallest absolute Gasteiger partial charge is 0.237 e. The minimum Gasteiger partial charge on any atom is -0.334 e. The zero-order chi connectivity index (χ0) is 16.7. The molecule has 1 aromatic carbocycles. The van der Waals surface area contributed by atoms with Crippen molar-refractivity contribution in [3.05, 3.63) is 60.7 Å². The predicted molar refractivity (Wildman–Crippen MR) is 84.4 cm³/mol. The summed E-state index contributed by atoms with van der Waals surface area (Å²) in [7, 11) is 1.77. The maximum atomic E-state index is 13.3. The minimum absolute atomic E-state index is 0.0725. The van der Waals surface area contributed by atoms with Gasteiger partial charge in [0.05, 0.1) is 6.54 Å². The summed E-state index contributed by atoms with van der Waals surface area (Å²) < 4.78 is 26.3. The highest BCUT2D eigenvalue weighted by molar-refractivity contribution is 5.78. The average molecular weight is 308 g/mol. The van der Waals surface area contributed by atoms with Gasteiger partial charge >= 0.3 is 0 Å². The number of nitrogens with zero attached hydrogens (tertiary/aromatic N) is 2. The van der Waals surface area contributed by atoms with Crippen LogP contribution in [0.25, 0.3) is 0 Å². The first-order valence-electron chi connectivity index (χ1n) is 7.05. The number of carbonyl (C=O) groups excluding carboxylic acids is 1. The fraction of sp³-hybridized carbons (Fsp3) is 0.353. The summed E-state index contributed by atoms with van der Waals surface area (Å²) in [6, 6.07) is 3.56. The topological polar surface area (TPSA) is 23.6 Å². The zero-order valence-corrected chi connectivity index (χ0v) is 13.1. The van der Waals surface area contributed by atoms with Gasteiger partial charge in [0, 0.05) is 19.1 Å². The first kappa shape index (κ1) is 18.0. The summed E-state index contributed by atoms with van der Waals surface area (Å²) in [5.74, 6) is -1.83. The van der Waals surface area contributed by atoms with E-state index in [-0.39, 0.29) is 18.5 Å². The molecule has 22 heavy (non-hydrogen) atoms. The van der Waals surface area contributed by atoms with Gasteiger partial charge in [0.25, 0.3) is 0 Å². The second kappa shape index (κ2) is 8.44. The SMILES string of the molecule is C=CCN(CC=C)C(=O)CN(C)C(C)c1ccc(F)c(F)c1. The van der Waals surface area contributed by atoms with Crippen molar-refractivity contribution < 1.29 is 13.6 Å². The van der Waals surface area contributed by atoms with Crippen LogP contribution in [0.5, 0.6) is 0 Å². The number of rotatable bonds is 8. The van der Waals surface area contributed by atoms with Crippen molar-refractivity contribution in [3.8, 4) is 0 Å². The van der Waals surface area contributed by atoms with Gasteiger partial charge in [-0.15, -0.1) is 13.2 Å². The lowest BCUT2D eigenvalue weighted by atomic mass is 10.1. The van der Waals surface area contributed by atoms with Crippen LogP contribution in [0.1, 0.15) is 18.5 Å². The lowest BCUT2D eigenvalue weighted by Gasteiger charge is -2.28. The first-order valence-corrected chi connectivity index (χ1v) is 7.05. The number of benzene rings is 1. The quantitative estimate of drug-likeness (QED) is 0.689. The highest BCUT2D eigenvalue weighted by atomic mass is 19.2. The largest absolute Gasteiger partial charge is 0.334 e. The standard InChI is InChI=1S/C17H22F2N2O/c1-5-9-21(10-6-2)17(22)12-20(4)13(3)14-7-8-15(18)16(19)11-14/h5-8,11,13H,1-2,9-10,12H2,3-4H3. The summed E-state index contributed by atoms with van der Waals surface area (Å²) in [5, 5.41) is 0. The number of likely N-dealkylation sites (N-methyl/N-ethyl adjacent to an activating group) is 1. The Hall–Kier alpha value is -2.01. The molecule has 5 heteroatoms. The van der Waals surface area contributed by atoms with Crippen LogP contribution in [0.15, 0.2) is 43.5 Å². The van der Waals surface area contributed by atoms with Gasteiger partial charge in [-0.05, 0) is 31.7 Å². The van der Waals surface area contributed by atoms with E-state index in [2.05, 4.69) is 13.2 Å². The Bertz CT molecular complexity index is 535. The average Bonchev–Trinajstić information content (AvgIpc) is 2.49. The van der Waals surface area contributed by atoms with E-state index >= 15 is 0 Å². The molecular formula is C17H22F2N2O. The molecule has 0 saturated heterocycles. The Kier molecular flexibility index (Phi) is 6.92. The molecule has 0 bridgehead atoms. The van der Waals surface area contributed by atoms with Crippen LogP contribution in [-0.2, 0) is 4.79 Å². The van der Waals surface area contributed by atoms with E-state index in [9.17, 15) is 13.6 Å². The van der Waals surface area contributed by atoms with Crippen molar-refractivity contribution in [2.45, 2.75) is 13.0 Å². The van der Waals surface area contributed by atoms with Crippen molar-refractivity contribution >= 4 is 5.91 Å². The summed E-state index contributed by atoms with van der Waals surface area (Å²) >= 11 is 0. The van der Waals surface area contributed by atoms with Crippen LogP contribution < -0.4 is 0 Å². The Labute approximate surface area is 130 Å². The number of halogens is 2. The van der Waals surface area contributed by atoms with Crippen molar-refractivity contribution in [2.24, 2.45) is 0 Å². The third-order valence-corrected chi connectivity index (χ3v) is 3.52. The molecule has 1 rings (SSSR count). The number of hydrogen-bond acceptors (Lipinski definition) is 2. The molecule has 3 nitrogen and oxygen atoms in total. The molecule has 0 aliphatic rings. The molecule has 120 valence electrons. The van der Waals surface area contributed by atoms with Crippen molar-refractivity contribution in [3.63, 3.8) is 0 Å². The van der Waals surface area contributed by atoms with E-state index in [4.69, 9.17) is 0 Å². The maximum Gasteiger partial charge on any atom is 0.237 e. The number of hydrogen-bond donors (Lipinski definition) is 0. The second-order valence-corrected chi connectivity index (χ2v) is 5.14. The Balaban J connectivity index is 2.75. The molecule has 0 radical (unpaired) electrons. The van der Waals surface area contributed by atoms with E-state index in [1.807, 2.05) is 6.92 Å². The predicted octanol–water partition coefficient (Wildman–Crippen LogP) is 3.16. The molecule has 0 heterocycles. The summed E-state index contributed by atoms with van der Waals surface area (Å²) in [5.41, 5.74) is 0.619. The maximum absolute atomic E-state index is 13.3. The highest BCUT2D eigenvalue weighted by Gasteiger charge is 2.19. The Morgan fingerprint density at radius 2 is 1.82 bits per heavy atom. The fourth-order valence-electron chi connectivity index (χ4n) is 2.07. The van der Waals surface area contributed by atoms with Gasteiger partial charge in [0.2, 0.25) is 5.91 Å². The van der Waals surface area contributed by atoms with Gasteiger partial charge in [-0.2, -0.15) is 0 Å². The summed E-state index contributed by atoms with van der Waals surface area (Å²) in [6.45, 7) is 10.1. The molecular weight excluding hydrogens is 286 g/mol. The van der Waals surface area contributed by atoms with E-state index in [0.29, 0.717) is 18.7 Å². The molecule has 1 aromatic rings. The van der Waals surface area contributed by atoms with E-state index in [0.717, 1.165) is 12.1 Å². The van der Waals surface area contributed by atoms with Gasteiger partial charge in [0.1, 0.15) is 0 Å². The molecule has 0 aromatic heterocycles. The third kappa shape index (κ3) is 4.77. The van der Waals surface area contributed by atoms with Gasteiger partial charge < -0.3 is 4.90 Å². The number of carbonyl (C=O) groups is 1. The summed E-state index contributed by atoms with van der Waals surface area (Å²) in [4.78, 5) is 15.7. The van der Waals surface area contributed by atoms with Gasteiger partial charge in [-0.25, -0.2) is 8.78 Å². The normalized spacial score (nSPS) is 12.0. The Morgan fingerprint density at radius 3 is 2.32 bits per heavy atom. The Morgan fingerprint density at radius 1 is 1.23 bits per heavy atom. The molecule has 0 aliphatic heterocycles. The van der Waals surface area contributed by atoms with Crippen molar-refractivity contribution in [1.29, 1.82) is 0 Å². The molecule has 1 unspecified atom stereocenters. The van der Waals surface area contributed by atoms with Crippen LogP contribution in [0.4, 0.5) is 8.78 Å². The van der Waals surface area contributed by atoms with E-state index in [1.54, 1.807) is 29.0 Å². The third-order valence-electron chi connectivity index (χ3n) is 3.52. The van der Waals surface area contributed by atoms with E-state index < -0.39 is 11.6 Å². The van der Waals surface area contributed by atoms with Crippen LogP contribution in [0.3, 0.4) is 0 Å². The molecule has 0 N–H and O–H groups in total. The second-order valence-electron chi connectivity index (χ2n) is 5.14. The van der Waals surface area contributed by atoms with Gasteiger partial charge in [-0.3, -0.25) is 9.69 Å². The van der Waals surface area contributed by atoms with Crippen LogP contribution in [-0.4, -0.2) is 42.4 Å². The van der Waals surface area contributed by atoms with Crippen LogP contribution in [0.2, 0.25) is 0 Å². The molecule has 0 fully saturated rings. The van der Waals surface area contributed by atoms with Gasteiger partial charge in [0.15, 0.2) is 11.6 Å². The van der Waals surface area contributed by atoms with Crippen LogP contribution >= 0.6 is 0 Å². The zero-order valence-electron chi connectivity index (χ0n) is 13.1. The monoisotopic (exact) mass is 308 g/mol. The molecule has 1 atom stereocenters. The van der Waals surface area contributed by atoms with Gasteiger partial charge in [-0.1, -0.05) is 18.2 Å². The molecule has 1 amide bonds. The molecule has 0 aliphatic carbocycles. The van der Waals surface area contributed by atoms with Crippen LogP contribution in [0, 0.1) is 11.6 Å². The van der Waals surface area contributed by atoms with Crippen molar-refractivity contribution in [2.75, 3.05) is 26.7 Å². The van der Waals surface area contributed by atoms with E-state index in [1.165, 1.54) is 6.07 Å². The molecule has 0 saturated carbocycles. The fourth-order valence-corrected chi connectivity index (χ4v) is 2.07. The first-order chi connectivity index (χ1) is 10.4. The highest BCUT2D eigenvalue weighted by Crippen LogP contribution is 2.20. The molecule has 0 spiro atoms. The summed E-state index contributed by atoms with van der Waals surface area (Å²) in [6.07, 6.45) is 3.31.